The highest BCUT2D eigenvalue weighted by atomic mass is 32.1. The number of aliphatic carboxylic acids is 1. The van der Waals surface area contributed by atoms with Crippen LogP contribution in [0.2, 0.25) is 0 Å². The van der Waals surface area contributed by atoms with Gasteiger partial charge in [-0.15, -0.1) is 11.3 Å². The first-order valence-corrected chi connectivity index (χ1v) is 6.53. The Morgan fingerprint density at radius 3 is 2.59 bits per heavy atom. The van der Waals surface area contributed by atoms with Gasteiger partial charge in [-0.3, -0.25) is 9.59 Å². The van der Waals surface area contributed by atoms with Crippen LogP contribution in [0.15, 0.2) is 10.9 Å². The highest BCUT2D eigenvalue weighted by Gasteiger charge is 2.27. The molecule has 17 heavy (non-hydrogen) atoms. The number of nitrogens with one attached hydrogen (secondary N) is 1. The van der Waals surface area contributed by atoms with Crippen molar-refractivity contribution in [1.29, 1.82) is 0 Å². The predicted molar refractivity (Wildman–Crippen MR) is 63.0 cm³/mol. The molecule has 2 rings (SSSR count). The minimum atomic E-state index is -0.728. The van der Waals surface area contributed by atoms with Gasteiger partial charge >= 0.3 is 5.97 Å². The smallest absolute Gasteiger partial charge is 0.306 e. The average molecular weight is 254 g/mol. The summed E-state index contributed by atoms with van der Waals surface area (Å²) in [4.78, 5) is 26.4. The Hall–Kier alpha value is -1.43. The molecule has 0 atom stereocenters. The normalized spacial score (nSPS) is 24.2. The molecule has 0 bridgehead atoms. The molecule has 1 amide bonds. The zero-order valence-electron chi connectivity index (χ0n) is 9.26. The molecule has 0 spiro atoms. The van der Waals surface area contributed by atoms with Crippen molar-refractivity contribution in [2.45, 2.75) is 31.7 Å². The second-order valence-electron chi connectivity index (χ2n) is 4.23. The summed E-state index contributed by atoms with van der Waals surface area (Å²) in [6.07, 6.45) is 2.73. The van der Waals surface area contributed by atoms with Crippen LogP contribution in [0.1, 0.15) is 36.2 Å². The Bertz CT molecular complexity index is 397. The molecule has 1 saturated carbocycles. The standard InChI is InChI=1S/C11H14N2O3S/c14-10(9-5-17-6-12-9)13-8-3-1-7(2-4-8)11(15)16/h5-8H,1-4H2,(H,13,14)(H,15,16). The Morgan fingerprint density at radius 2 is 2.06 bits per heavy atom. The molecule has 0 aliphatic heterocycles. The maximum atomic E-state index is 11.7. The maximum Gasteiger partial charge on any atom is 0.306 e. The van der Waals surface area contributed by atoms with Crippen molar-refractivity contribution >= 4 is 23.2 Å². The molecule has 0 unspecified atom stereocenters. The van der Waals surface area contributed by atoms with Crippen LogP contribution in [-0.2, 0) is 4.79 Å². The summed E-state index contributed by atoms with van der Waals surface area (Å²) < 4.78 is 0. The van der Waals surface area contributed by atoms with E-state index in [-0.39, 0.29) is 17.9 Å². The third-order valence-electron chi connectivity index (χ3n) is 3.08. The number of hydrogen-bond donors (Lipinski definition) is 2. The van der Waals surface area contributed by atoms with E-state index >= 15 is 0 Å². The van der Waals surface area contributed by atoms with E-state index in [4.69, 9.17) is 5.11 Å². The minimum Gasteiger partial charge on any atom is -0.481 e. The van der Waals surface area contributed by atoms with Gasteiger partial charge in [0.25, 0.3) is 5.91 Å². The number of carboxylic acids is 1. The minimum absolute atomic E-state index is 0.0831. The van der Waals surface area contributed by atoms with Gasteiger partial charge in [0.05, 0.1) is 11.4 Å². The molecule has 0 aromatic carbocycles. The third kappa shape index (κ3) is 3.03. The Balaban J connectivity index is 1.82. The Kier molecular flexibility index (Phi) is 3.73. The van der Waals surface area contributed by atoms with E-state index < -0.39 is 5.97 Å². The quantitative estimate of drug-likeness (QED) is 0.857. The van der Waals surface area contributed by atoms with Crippen LogP contribution in [0, 0.1) is 5.92 Å². The molecule has 1 aliphatic rings. The number of amides is 1. The van der Waals surface area contributed by atoms with Gasteiger partial charge in [0.1, 0.15) is 5.69 Å². The molecule has 5 nitrogen and oxygen atoms in total. The van der Waals surface area contributed by atoms with Gasteiger partial charge in [-0.05, 0) is 25.7 Å². The molecule has 2 N–H and O–H groups in total. The zero-order chi connectivity index (χ0) is 12.3. The van der Waals surface area contributed by atoms with Crippen LogP contribution < -0.4 is 5.32 Å². The molecular formula is C11H14N2O3S. The van der Waals surface area contributed by atoms with Gasteiger partial charge in [-0.25, -0.2) is 4.98 Å². The maximum absolute atomic E-state index is 11.7. The second-order valence-corrected chi connectivity index (χ2v) is 4.95. The van der Waals surface area contributed by atoms with Gasteiger partial charge in [-0.1, -0.05) is 0 Å². The average Bonchev–Trinajstić information content (AvgIpc) is 2.83. The van der Waals surface area contributed by atoms with Crippen LogP contribution in [0.3, 0.4) is 0 Å². The fourth-order valence-electron chi connectivity index (χ4n) is 2.07. The molecule has 0 saturated heterocycles. The van der Waals surface area contributed by atoms with Gasteiger partial charge < -0.3 is 10.4 Å². The summed E-state index contributed by atoms with van der Waals surface area (Å²) in [5.41, 5.74) is 2.06. The lowest BCUT2D eigenvalue weighted by molar-refractivity contribution is -0.142. The predicted octanol–water partition coefficient (Wildman–Crippen LogP) is 1.52. The molecule has 1 heterocycles. The zero-order valence-corrected chi connectivity index (χ0v) is 10.1. The highest BCUT2D eigenvalue weighted by Crippen LogP contribution is 2.24. The van der Waals surface area contributed by atoms with E-state index in [1.807, 2.05) is 0 Å². The van der Waals surface area contributed by atoms with Crippen molar-refractivity contribution < 1.29 is 14.7 Å². The molecule has 0 radical (unpaired) electrons. The van der Waals surface area contributed by atoms with Crippen molar-refractivity contribution in [2.75, 3.05) is 0 Å². The summed E-state index contributed by atoms with van der Waals surface area (Å²) in [6.45, 7) is 0. The lowest BCUT2D eigenvalue weighted by Crippen LogP contribution is -2.38. The number of aromatic nitrogens is 1. The molecule has 92 valence electrons. The first-order valence-electron chi connectivity index (χ1n) is 5.58. The van der Waals surface area contributed by atoms with Crippen molar-refractivity contribution in [1.82, 2.24) is 10.3 Å². The molecule has 1 aliphatic carbocycles. The van der Waals surface area contributed by atoms with E-state index in [1.165, 1.54) is 11.3 Å². The van der Waals surface area contributed by atoms with Crippen LogP contribution in [-0.4, -0.2) is 28.0 Å². The van der Waals surface area contributed by atoms with Crippen molar-refractivity contribution in [3.8, 4) is 0 Å². The van der Waals surface area contributed by atoms with Crippen LogP contribution >= 0.6 is 11.3 Å². The molecule has 6 heteroatoms. The number of carbonyl (C=O) groups is 2. The summed E-state index contributed by atoms with van der Waals surface area (Å²) in [7, 11) is 0. The van der Waals surface area contributed by atoms with Gasteiger partial charge in [-0.2, -0.15) is 0 Å². The monoisotopic (exact) mass is 254 g/mol. The van der Waals surface area contributed by atoms with Gasteiger partial charge in [0, 0.05) is 11.4 Å². The number of hydrogen-bond acceptors (Lipinski definition) is 4. The molecule has 1 fully saturated rings. The number of thiazole rings is 1. The van der Waals surface area contributed by atoms with Crippen LogP contribution in [0.4, 0.5) is 0 Å². The van der Waals surface area contributed by atoms with Crippen LogP contribution in [0.5, 0.6) is 0 Å². The van der Waals surface area contributed by atoms with E-state index in [9.17, 15) is 9.59 Å². The number of carbonyl (C=O) groups excluding carboxylic acids is 1. The molecule has 1 aromatic heterocycles. The number of nitrogens with zero attached hydrogens (tertiary/aromatic N) is 1. The van der Waals surface area contributed by atoms with Crippen molar-refractivity contribution in [3.63, 3.8) is 0 Å². The highest BCUT2D eigenvalue weighted by molar-refractivity contribution is 7.07. The first-order chi connectivity index (χ1) is 8.16. The topological polar surface area (TPSA) is 79.3 Å². The number of rotatable bonds is 3. The van der Waals surface area contributed by atoms with E-state index in [1.54, 1.807) is 10.9 Å². The molecule has 1 aromatic rings. The van der Waals surface area contributed by atoms with Crippen molar-refractivity contribution in [2.24, 2.45) is 5.92 Å². The van der Waals surface area contributed by atoms with E-state index in [0.29, 0.717) is 18.5 Å². The van der Waals surface area contributed by atoms with Crippen molar-refractivity contribution in [3.05, 3.63) is 16.6 Å². The van der Waals surface area contributed by atoms with E-state index in [0.717, 1.165) is 12.8 Å². The third-order valence-corrected chi connectivity index (χ3v) is 3.66. The van der Waals surface area contributed by atoms with Gasteiger partial charge in [0.15, 0.2) is 0 Å². The van der Waals surface area contributed by atoms with Crippen LogP contribution in [0.25, 0.3) is 0 Å². The lowest BCUT2D eigenvalue weighted by Gasteiger charge is -2.26. The summed E-state index contributed by atoms with van der Waals surface area (Å²) >= 11 is 1.38. The largest absolute Gasteiger partial charge is 0.481 e. The molecular weight excluding hydrogens is 240 g/mol. The summed E-state index contributed by atoms with van der Waals surface area (Å²) in [5.74, 6) is -1.14. The fraction of sp³-hybridized carbons (Fsp3) is 0.545. The first kappa shape index (κ1) is 12.0. The fourth-order valence-corrected chi connectivity index (χ4v) is 2.60. The van der Waals surface area contributed by atoms with Gasteiger partial charge in [0.2, 0.25) is 0 Å². The Morgan fingerprint density at radius 1 is 1.35 bits per heavy atom. The second kappa shape index (κ2) is 5.27. The van der Waals surface area contributed by atoms with E-state index in [2.05, 4.69) is 10.3 Å². The summed E-state index contributed by atoms with van der Waals surface area (Å²) in [6, 6.07) is 0.0831. The number of carboxylic acid groups (broad SMARTS) is 1. The lowest BCUT2D eigenvalue weighted by atomic mass is 9.86. The SMILES string of the molecule is O=C(NC1CCC(C(=O)O)CC1)c1cscn1. The summed E-state index contributed by atoms with van der Waals surface area (Å²) in [5, 5.41) is 13.5. The Labute approximate surface area is 103 Å².